The lowest BCUT2D eigenvalue weighted by atomic mass is 9.85. The van der Waals surface area contributed by atoms with Crippen LogP contribution in [-0.2, 0) is 13.0 Å². The maximum atomic E-state index is 4.48. The molecule has 1 unspecified atom stereocenters. The highest BCUT2D eigenvalue weighted by Crippen LogP contribution is 2.33. The molecule has 1 atom stereocenters. The normalized spacial score (nSPS) is 18.6. The van der Waals surface area contributed by atoms with Crippen LogP contribution in [-0.4, -0.2) is 21.3 Å². The molecule has 1 aromatic carbocycles. The number of benzene rings is 1. The van der Waals surface area contributed by atoms with Gasteiger partial charge in [0, 0.05) is 19.5 Å². The highest BCUT2D eigenvalue weighted by molar-refractivity contribution is 5.28. The summed E-state index contributed by atoms with van der Waals surface area (Å²) in [7, 11) is 0. The molecule has 1 aromatic heterocycles. The van der Waals surface area contributed by atoms with Gasteiger partial charge in [-0.2, -0.15) is 0 Å². The van der Waals surface area contributed by atoms with Gasteiger partial charge in [-0.15, -0.1) is 10.2 Å². The standard InChI is InChI=1S/C17H24N4/c1-12-7-5-6-8-13(12)11-14-19-20-16-15(17(2,3)4)18-9-10-21(14)16/h5-8,15,18H,9-11H2,1-4H3. The molecule has 3 rings (SSSR count). The first-order chi connectivity index (χ1) is 9.97. The predicted octanol–water partition coefficient (Wildman–Crippen LogP) is 2.87. The number of aryl methyl sites for hydroxylation is 1. The summed E-state index contributed by atoms with van der Waals surface area (Å²) in [4.78, 5) is 0. The molecule has 0 amide bonds. The van der Waals surface area contributed by atoms with Crippen molar-refractivity contribution in [3.05, 3.63) is 47.0 Å². The summed E-state index contributed by atoms with van der Waals surface area (Å²) in [5.41, 5.74) is 2.79. The Morgan fingerprint density at radius 3 is 2.71 bits per heavy atom. The smallest absolute Gasteiger partial charge is 0.150 e. The van der Waals surface area contributed by atoms with Gasteiger partial charge in [-0.25, -0.2) is 0 Å². The fourth-order valence-corrected chi connectivity index (χ4v) is 3.02. The van der Waals surface area contributed by atoms with Crippen LogP contribution in [0.1, 0.15) is 49.6 Å². The topological polar surface area (TPSA) is 42.7 Å². The first-order valence-electron chi connectivity index (χ1n) is 7.66. The van der Waals surface area contributed by atoms with Gasteiger partial charge >= 0.3 is 0 Å². The van der Waals surface area contributed by atoms with E-state index in [9.17, 15) is 0 Å². The van der Waals surface area contributed by atoms with Crippen molar-refractivity contribution in [2.45, 2.75) is 46.7 Å². The van der Waals surface area contributed by atoms with E-state index in [-0.39, 0.29) is 11.5 Å². The Bertz CT molecular complexity index is 636. The van der Waals surface area contributed by atoms with Crippen LogP contribution in [0, 0.1) is 12.3 Å². The largest absolute Gasteiger partial charge is 0.312 e. The van der Waals surface area contributed by atoms with Crippen LogP contribution in [0.5, 0.6) is 0 Å². The first kappa shape index (κ1) is 14.3. The van der Waals surface area contributed by atoms with Gasteiger partial charge < -0.3 is 9.88 Å². The molecule has 0 saturated heterocycles. The summed E-state index contributed by atoms with van der Waals surface area (Å²) in [6.07, 6.45) is 0.858. The van der Waals surface area contributed by atoms with Crippen molar-refractivity contribution in [2.75, 3.05) is 6.54 Å². The minimum Gasteiger partial charge on any atom is -0.312 e. The Hall–Kier alpha value is -1.68. The van der Waals surface area contributed by atoms with Gasteiger partial charge in [-0.05, 0) is 23.5 Å². The second-order valence-corrected chi connectivity index (χ2v) is 6.98. The number of aromatic nitrogens is 3. The molecular weight excluding hydrogens is 260 g/mol. The molecule has 0 spiro atoms. The van der Waals surface area contributed by atoms with Crippen LogP contribution < -0.4 is 5.32 Å². The van der Waals surface area contributed by atoms with Crippen molar-refractivity contribution in [2.24, 2.45) is 5.41 Å². The molecule has 2 heterocycles. The third-order valence-corrected chi connectivity index (χ3v) is 4.27. The number of rotatable bonds is 2. The Kier molecular flexibility index (Phi) is 3.57. The molecule has 4 nitrogen and oxygen atoms in total. The van der Waals surface area contributed by atoms with E-state index < -0.39 is 0 Å². The molecule has 0 aliphatic carbocycles. The number of nitrogens with one attached hydrogen (secondary N) is 1. The second kappa shape index (κ2) is 5.26. The molecule has 0 bridgehead atoms. The first-order valence-corrected chi connectivity index (χ1v) is 7.66. The molecule has 1 aliphatic rings. The fourth-order valence-electron chi connectivity index (χ4n) is 3.02. The molecule has 0 fully saturated rings. The van der Waals surface area contributed by atoms with Gasteiger partial charge in [0.2, 0.25) is 0 Å². The Balaban J connectivity index is 1.93. The average molecular weight is 284 g/mol. The SMILES string of the molecule is Cc1ccccc1Cc1nnc2n1CCNC2C(C)(C)C. The quantitative estimate of drug-likeness (QED) is 0.922. The number of hydrogen-bond acceptors (Lipinski definition) is 3. The van der Waals surface area contributed by atoms with Crippen molar-refractivity contribution in [3.63, 3.8) is 0 Å². The Labute approximate surface area is 126 Å². The zero-order valence-corrected chi connectivity index (χ0v) is 13.3. The molecule has 1 aliphatic heterocycles. The minimum absolute atomic E-state index is 0.144. The van der Waals surface area contributed by atoms with E-state index in [1.54, 1.807) is 0 Å². The summed E-state index contributed by atoms with van der Waals surface area (Å²) in [5.74, 6) is 2.16. The lowest BCUT2D eigenvalue weighted by Gasteiger charge is -2.34. The summed E-state index contributed by atoms with van der Waals surface area (Å²) in [6, 6.07) is 8.78. The lowest BCUT2D eigenvalue weighted by molar-refractivity contribution is 0.232. The molecule has 112 valence electrons. The van der Waals surface area contributed by atoms with E-state index >= 15 is 0 Å². The number of fused-ring (bicyclic) bond motifs is 1. The maximum Gasteiger partial charge on any atom is 0.150 e. The van der Waals surface area contributed by atoms with Crippen LogP contribution in [0.15, 0.2) is 24.3 Å². The zero-order chi connectivity index (χ0) is 15.0. The molecule has 21 heavy (non-hydrogen) atoms. The zero-order valence-electron chi connectivity index (χ0n) is 13.3. The Morgan fingerprint density at radius 1 is 1.24 bits per heavy atom. The monoisotopic (exact) mass is 284 g/mol. The van der Waals surface area contributed by atoms with Crippen molar-refractivity contribution >= 4 is 0 Å². The second-order valence-electron chi connectivity index (χ2n) is 6.98. The summed E-state index contributed by atoms with van der Waals surface area (Å²) in [6.45, 7) is 10.8. The Morgan fingerprint density at radius 2 is 2.00 bits per heavy atom. The van der Waals surface area contributed by atoms with Crippen molar-refractivity contribution < 1.29 is 0 Å². The van der Waals surface area contributed by atoms with Gasteiger partial charge in [0.15, 0.2) is 5.82 Å². The van der Waals surface area contributed by atoms with Gasteiger partial charge in [-0.1, -0.05) is 45.0 Å². The van der Waals surface area contributed by atoms with Gasteiger partial charge in [0.1, 0.15) is 5.82 Å². The molecule has 4 heteroatoms. The summed E-state index contributed by atoms with van der Waals surface area (Å²) >= 11 is 0. The minimum atomic E-state index is 0.144. The van der Waals surface area contributed by atoms with Crippen LogP contribution in [0.2, 0.25) is 0 Å². The van der Waals surface area contributed by atoms with Crippen molar-refractivity contribution in [1.82, 2.24) is 20.1 Å². The average Bonchev–Trinajstić information content (AvgIpc) is 2.83. The van der Waals surface area contributed by atoms with Crippen LogP contribution in [0.25, 0.3) is 0 Å². The van der Waals surface area contributed by atoms with E-state index in [0.717, 1.165) is 31.2 Å². The summed E-state index contributed by atoms with van der Waals surface area (Å²) < 4.78 is 2.30. The summed E-state index contributed by atoms with van der Waals surface area (Å²) in [5, 5.41) is 12.5. The predicted molar refractivity (Wildman–Crippen MR) is 84.2 cm³/mol. The molecule has 0 saturated carbocycles. The number of hydrogen-bond donors (Lipinski definition) is 1. The highest BCUT2D eigenvalue weighted by Gasteiger charge is 2.33. The molecular formula is C17H24N4. The van der Waals surface area contributed by atoms with Crippen LogP contribution >= 0.6 is 0 Å². The van der Waals surface area contributed by atoms with Gasteiger partial charge in [0.25, 0.3) is 0 Å². The third kappa shape index (κ3) is 2.72. The highest BCUT2D eigenvalue weighted by atomic mass is 15.3. The van der Waals surface area contributed by atoms with Crippen LogP contribution in [0.3, 0.4) is 0 Å². The third-order valence-electron chi connectivity index (χ3n) is 4.27. The van der Waals surface area contributed by atoms with E-state index in [0.29, 0.717) is 0 Å². The van der Waals surface area contributed by atoms with E-state index in [4.69, 9.17) is 0 Å². The van der Waals surface area contributed by atoms with E-state index in [2.05, 4.69) is 72.0 Å². The molecule has 1 N–H and O–H groups in total. The maximum absolute atomic E-state index is 4.48. The molecule has 0 radical (unpaired) electrons. The molecule has 2 aromatic rings. The van der Waals surface area contributed by atoms with E-state index in [1.165, 1.54) is 11.1 Å². The van der Waals surface area contributed by atoms with E-state index in [1.807, 2.05) is 0 Å². The van der Waals surface area contributed by atoms with Gasteiger partial charge in [-0.3, -0.25) is 0 Å². The lowest BCUT2D eigenvalue weighted by Crippen LogP contribution is -2.41. The number of nitrogens with zero attached hydrogens (tertiary/aromatic N) is 3. The fraction of sp³-hybridized carbons (Fsp3) is 0.529. The van der Waals surface area contributed by atoms with Gasteiger partial charge in [0.05, 0.1) is 6.04 Å². The van der Waals surface area contributed by atoms with Crippen molar-refractivity contribution in [3.8, 4) is 0 Å². The van der Waals surface area contributed by atoms with Crippen molar-refractivity contribution in [1.29, 1.82) is 0 Å². The van der Waals surface area contributed by atoms with Crippen LogP contribution in [0.4, 0.5) is 0 Å².